The van der Waals surface area contributed by atoms with Crippen molar-refractivity contribution in [2.45, 2.75) is 6.92 Å². The number of carboxylic acids is 1. The molecule has 0 aromatic heterocycles. The average molecular weight is 253 g/mol. The number of para-hydroxylation sites is 1. The van der Waals surface area contributed by atoms with Crippen LogP contribution in [-0.4, -0.2) is 11.1 Å². The number of aliphatic carboxylic acids is 1. The predicted molar refractivity (Wildman–Crippen MR) is 76.7 cm³/mol. The van der Waals surface area contributed by atoms with Crippen molar-refractivity contribution < 1.29 is 9.90 Å². The van der Waals surface area contributed by atoms with E-state index in [-0.39, 0.29) is 5.57 Å². The van der Waals surface area contributed by atoms with Crippen LogP contribution in [0.3, 0.4) is 0 Å². The molecule has 2 aromatic carbocycles. The highest BCUT2D eigenvalue weighted by atomic mass is 16.4. The molecule has 0 radical (unpaired) electrons. The summed E-state index contributed by atoms with van der Waals surface area (Å²) >= 11 is 0. The molecule has 0 aliphatic heterocycles. The van der Waals surface area contributed by atoms with Gasteiger partial charge < -0.3 is 10.4 Å². The molecular formula is C16H15NO2. The fourth-order valence-electron chi connectivity index (χ4n) is 1.76. The van der Waals surface area contributed by atoms with Gasteiger partial charge in [-0.25, -0.2) is 4.79 Å². The number of nitrogens with one attached hydrogen (secondary N) is 1. The molecule has 0 amide bonds. The molecule has 3 nitrogen and oxygen atoms in total. The second kappa shape index (κ2) is 5.87. The Kier molecular flexibility index (Phi) is 3.98. The lowest BCUT2D eigenvalue weighted by atomic mass is 10.1. The molecule has 0 heterocycles. The summed E-state index contributed by atoms with van der Waals surface area (Å²) in [5, 5.41) is 12.4. The molecule has 0 aliphatic rings. The Morgan fingerprint density at radius 3 is 2.00 bits per heavy atom. The zero-order valence-electron chi connectivity index (χ0n) is 10.6. The largest absolute Gasteiger partial charge is 0.478 e. The minimum Gasteiger partial charge on any atom is -0.478 e. The van der Waals surface area contributed by atoms with Crippen molar-refractivity contribution in [1.82, 2.24) is 0 Å². The van der Waals surface area contributed by atoms with Gasteiger partial charge in [-0.05, 0) is 24.6 Å². The number of benzene rings is 2. The first-order valence-electron chi connectivity index (χ1n) is 6.00. The maximum atomic E-state index is 11.2. The van der Waals surface area contributed by atoms with E-state index in [0.717, 1.165) is 11.3 Å². The van der Waals surface area contributed by atoms with Crippen LogP contribution in [0.4, 0.5) is 5.69 Å². The lowest BCUT2D eigenvalue weighted by molar-refractivity contribution is -0.132. The van der Waals surface area contributed by atoms with Crippen LogP contribution < -0.4 is 5.32 Å². The molecule has 0 saturated heterocycles. The molecule has 0 bridgehead atoms. The molecule has 2 rings (SSSR count). The lowest BCUT2D eigenvalue weighted by Crippen LogP contribution is -2.07. The Morgan fingerprint density at radius 2 is 1.47 bits per heavy atom. The Morgan fingerprint density at radius 1 is 0.947 bits per heavy atom. The first-order valence-corrected chi connectivity index (χ1v) is 6.00. The van der Waals surface area contributed by atoms with E-state index in [2.05, 4.69) is 5.32 Å². The van der Waals surface area contributed by atoms with Gasteiger partial charge in [-0.3, -0.25) is 0 Å². The van der Waals surface area contributed by atoms with Crippen molar-refractivity contribution in [3.63, 3.8) is 0 Å². The molecule has 96 valence electrons. The van der Waals surface area contributed by atoms with Crippen molar-refractivity contribution in [2.24, 2.45) is 0 Å². The zero-order chi connectivity index (χ0) is 13.7. The van der Waals surface area contributed by atoms with Gasteiger partial charge in [0.2, 0.25) is 0 Å². The summed E-state index contributed by atoms with van der Waals surface area (Å²) in [6.45, 7) is 1.60. The molecule has 0 atom stereocenters. The van der Waals surface area contributed by atoms with Gasteiger partial charge in [0.05, 0.1) is 11.3 Å². The van der Waals surface area contributed by atoms with Crippen molar-refractivity contribution in [1.29, 1.82) is 0 Å². The van der Waals surface area contributed by atoms with Crippen LogP contribution >= 0.6 is 0 Å². The SMILES string of the molecule is CC(C(=O)O)=C(Nc1ccccc1)c1ccccc1. The van der Waals surface area contributed by atoms with Crippen molar-refractivity contribution in [3.8, 4) is 0 Å². The topological polar surface area (TPSA) is 49.3 Å². The second-order valence-corrected chi connectivity index (χ2v) is 4.16. The third-order valence-electron chi connectivity index (χ3n) is 2.80. The molecule has 0 aliphatic carbocycles. The van der Waals surface area contributed by atoms with Gasteiger partial charge in [-0.1, -0.05) is 48.5 Å². The summed E-state index contributed by atoms with van der Waals surface area (Å²) in [4.78, 5) is 11.2. The third kappa shape index (κ3) is 3.22. The molecule has 0 fully saturated rings. The van der Waals surface area contributed by atoms with Gasteiger partial charge in [0.1, 0.15) is 0 Å². The number of carbonyl (C=O) groups is 1. The van der Waals surface area contributed by atoms with Crippen LogP contribution in [-0.2, 0) is 4.79 Å². The van der Waals surface area contributed by atoms with Gasteiger partial charge >= 0.3 is 5.97 Å². The summed E-state index contributed by atoms with van der Waals surface area (Å²) in [6, 6.07) is 19.0. The highest BCUT2D eigenvalue weighted by Crippen LogP contribution is 2.21. The van der Waals surface area contributed by atoms with E-state index in [1.165, 1.54) is 0 Å². The molecular weight excluding hydrogens is 238 g/mol. The molecule has 0 saturated carbocycles. The smallest absolute Gasteiger partial charge is 0.333 e. The van der Waals surface area contributed by atoms with Crippen molar-refractivity contribution in [2.75, 3.05) is 5.32 Å². The molecule has 19 heavy (non-hydrogen) atoms. The van der Waals surface area contributed by atoms with Gasteiger partial charge in [-0.15, -0.1) is 0 Å². The summed E-state index contributed by atoms with van der Waals surface area (Å²) in [6.07, 6.45) is 0. The van der Waals surface area contributed by atoms with Gasteiger partial charge in [0, 0.05) is 5.69 Å². The van der Waals surface area contributed by atoms with Crippen molar-refractivity contribution in [3.05, 3.63) is 71.8 Å². The van der Waals surface area contributed by atoms with E-state index in [0.29, 0.717) is 5.70 Å². The quantitative estimate of drug-likeness (QED) is 0.818. The minimum atomic E-state index is -0.928. The molecule has 2 aromatic rings. The average Bonchev–Trinajstić information content (AvgIpc) is 2.46. The van der Waals surface area contributed by atoms with Crippen LogP contribution in [0.5, 0.6) is 0 Å². The molecule has 0 spiro atoms. The Bertz CT molecular complexity index is 589. The summed E-state index contributed by atoms with van der Waals surface area (Å²) in [7, 11) is 0. The predicted octanol–water partition coefficient (Wildman–Crippen LogP) is 3.61. The van der Waals surface area contributed by atoms with Crippen LogP contribution in [0.1, 0.15) is 12.5 Å². The first-order chi connectivity index (χ1) is 9.18. The van der Waals surface area contributed by atoms with Gasteiger partial charge in [0.15, 0.2) is 0 Å². The summed E-state index contributed by atoms with van der Waals surface area (Å²) in [5.41, 5.74) is 2.61. The third-order valence-corrected chi connectivity index (χ3v) is 2.80. The maximum Gasteiger partial charge on any atom is 0.333 e. The van der Waals surface area contributed by atoms with Crippen LogP contribution in [0.25, 0.3) is 5.70 Å². The van der Waals surface area contributed by atoms with Gasteiger partial charge in [-0.2, -0.15) is 0 Å². The van der Waals surface area contributed by atoms with Gasteiger partial charge in [0.25, 0.3) is 0 Å². The van der Waals surface area contributed by atoms with Crippen LogP contribution in [0.2, 0.25) is 0 Å². The monoisotopic (exact) mass is 253 g/mol. The van der Waals surface area contributed by atoms with E-state index in [1.807, 2.05) is 60.7 Å². The van der Waals surface area contributed by atoms with Crippen molar-refractivity contribution >= 4 is 17.4 Å². The fourth-order valence-corrected chi connectivity index (χ4v) is 1.76. The zero-order valence-corrected chi connectivity index (χ0v) is 10.6. The Hall–Kier alpha value is -2.55. The van der Waals surface area contributed by atoms with E-state index >= 15 is 0 Å². The van der Waals surface area contributed by atoms with Crippen LogP contribution in [0, 0.1) is 0 Å². The number of anilines is 1. The van der Waals surface area contributed by atoms with E-state index < -0.39 is 5.97 Å². The number of hydrogen-bond acceptors (Lipinski definition) is 2. The normalized spacial score (nSPS) is 11.6. The summed E-state index contributed by atoms with van der Waals surface area (Å²) in [5.74, 6) is -0.928. The molecule has 2 N–H and O–H groups in total. The minimum absolute atomic E-state index is 0.287. The molecule has 3 heteroatoms. The maximum absolute atomic E-state index is 11.2. The Labute approximate surface area is 112 Å². The lowest BCUT2D eigenvalue weighted by Gasteiger charge is -2.13. The van der Waals surface area contributed by atoms with E-state index in [1.54, 1.807) is 6.92 Å². The summed E-state index contributed by atoms with van der Waals surface area (Å²) < 4.78 is 0. The number of rotatable bonds is 4. The highest BCUT2D eigenvalue weighted by molar-refractivity contribution is 5.98. The first kappa shape index (κ1) is 12.9. The number of carboxylic acid groups (broad SMARTS) is 1. The second-order valence-electron chi connectivity index (χ2n) is 4.16. The Balaban J connectivity index is 2.42. The van der Waals surface area contributed by atoms with E-state index in [4.69, 9.17) is 0 Å². The highest BCUT2D eigenvalue weighted by Gasteiger charge is 2.11. The van der Waals surface area contributed by atoms with E-state index in [9.17, 15) is 9.90 Å². The number of hydrogen-bond donors (Lipinski definition) is 2. The standard InChI is InChI=1S/C16H15NO2/c1-12(16(18)19)15(13-8-4-2-5-9-13)17-14-10-6-3-7-11-14/h2-11,17H,1H3,(H,18,19). The van der Waals surface area contributed by atoms with Crippen LogP contribution in [0.15, 0.2) is 66.2 Å². The fraction of sp³-hybridized carbons (Fsp3) is 0.0625. The molecule has 0 unspecified atom stereocenters.